The first kappa shape index (κ1) is 14.9. The predicted molar refractivity (Wildman–Crippen MR) is 81.4 cm³/mol. The number of benzene rings is 1. The maximum Gasteiger partial charge on any atom is 0.338 e. The smallest absolute Gasteiger partial charge is 0.338 e. The van der Waals surface area contributed by atoms with Crippen LogP contribution >= 0.6 is 0 Å². The quantitative estimate of drug-likeness (QED) is 0.793. The highest BCUT2D eigenvalue weighted by molar-refractivity contribution is 5.92. The van der Waals surface area contributed by atoms with Gasteiger partial charge in [0, 0.05) is 31.4 Å². The first-order chi connectivity index (χ1) is 9.56. The number of rotatable bonds is 3. The number of methoxy groups -OCH3 is 1. The van der Waals surface area contributed by atoms with Crippen molar-refractivity contribution in [3.63, 3.8) is 0 Å². The summed E-state index contributed by atoms with van der Waals surface area (Å²) in [5.74, 6) is -0.260. The highest BCUT2D eigenvalue weighted by Crippen LogP contribution is 2.23. The average molecular weight is 276 g/mol. The lowest BCUT2D eigenvalue weighted by atomic mass is 10.1. The Kier molecular flexibility index (Phi) is 4.65. The van der Waals surface area contributed by atoms with Gasteiger partial charge < -0.3 is 9.64 Å². The molecule has 0 saturated carbocycles. The molecule has 0 N–H and O–H groups in total. The van der Waals surface area contributed by atoms with Crippen LogP contribution in [0, 0.1) is 6.92 Å². The molecule has 4 heteroatoms. The lowest BCUT2D eigenvalue weighted by molar-refractivity contribution is 0.0600. The summed E-state index contributed by atoms with van der Waals surface area (Å²) in [6.07, 6.45) is 0. The van der Waals surface area contributed by atoms with Gasteiger partial charge in [0.25, 0.3) is 0 Å². The van der Waals surface area contributed by atoms with E-state index in [9.17, 15) is 4.79 Å². The number of ether oxygens (including phenoxy) is 1. The van der Waals surface area contributed by atoms with Gasteiger partial charge in [-0.2, -0.15) is 0 Å². The molecule has 2 rings (SSSR count). The van der Waals surface area contributed by atoms with Crippen LogP contribution in [0.5, 0.6) is 0 Å². The number of hydrogen-bond donors (Lipinski definition) is 0. The van der Waals surface area contributed by atoms with E-state index in [1.165, 1.54) is 7.11 Å². The maximum atomic E-state index is 11.8. The van der Waals surface area contributed by atoms with Gasteiger partial charge in [0.1, 0.15) is 0 Å². The minimum absolute atomic E-state index is 0.260. The van der Waals surface area contributed by atoms with Crippen molar-refractivity contribution in [2.75, 3.05) is 38.2 Å². The van der Waals surface area contributed by atoms with Crippen LogP contribution in [0.2, 0.25) is 0 Å². The van der Waals surface area contributed by atoms with Crippen molar-refractivity contribution in [1.82, 2.24) is 4.90 Å². The number of esters is 1. The van der Waals surface area contributed by atoms with Crippen LogP contribution in [0.1, 0.15) is 29.8 Å². The van der Waals surface area contributed by atoms with E-state index in [1.807, 2.05) is 19.1 Å². The minimum Gasteiger partial charge on any atom is -0.465 e. The number of aryl methyl sites for hydroxylation is 1. The van der Waals surface area contributed by atoms with E-state index >= 15 is 0 Å². The molecule has 1 saturated heterocycles. The molecule has 1 aromatic carbocycles. The lowest BCUT2D eigenvalue weighted by Crippen LogP contribution is -2.51. The van der Waals surface area contributed by atoms with E-state index in [-0.39, 0.29) is 5.97 Å². The van der Waals surface area contributed by atoms with Crippen LogP contribution in [0.4, 0.5) is 5.69 Å². The van der Waals surface area contributed by atoms with Gasteiger partial charge in [-0.3, -0.25) is 4.90 Å². The Bertz CT molecular complexity index is 487. The minimum atomic E-state index is -0.260. The third-order valence-corrected chi connectivity index (χ3v) is 4.16. The number of piperazine rings is 1. The van der Waals surface area contributed by atoms with Gasteiger partial charge in [0.2, 0.25) is 0 Å². The standard InChI is InChI=1S/C16H24N2O2/c1-5-17-8-9-18(11-13(17)3)14-7-6-12(2)15(10-14)16(19)20-4/h6-7,10,13H,5,8-9,11H2,1-4H3/t13-/m0/s1. The fourth-order valence-corrected chi connectivity index (χ4v) is 2.84. The number of nitrogens with zero attached hydrogens (tertiary/aromatic N) is 2. The molecular formula is C16H24N2O2. The number of hydrogen-bond acceptors (Lipinski definition) is 4. The number of carbonyl (C=O) groups is 1. The Morgan fingerprint density at radius 3 is 2.75 bits per heavy atom. The van der Waals surface area contributed by atoms with Gasteiger partial charge >= 0.3 is 5.97 Å². The summed E-state index contributed by atoms with van der Waals surface area (Å²) in [7, 11) is 1.43. The molecule has 1 aliphatic heterocycles. The van der Waals surface area contributed by atoms with E-state index < -0.39 is 0 Å². The van der Waals surface area contributed by atoms with Crippen molar-refractivity contribution >= 4 is 11.7 Å². The topological polar surface area (TPSA) is 32.8 Å². The van der Waals surface area contributed by atoms with E-state index in [1.54, 1.807) is 0 Å². The zero-order valence-electron chi connectivity index (χ0n) is 12.8. The third-order valence-electron chi connectivity index (χ3n) is 4.16. The van der Waals surface area contributed by atoms with Crippen molar-refractivity contribution in [1.29, 1.82) is 0 Å². The Morgan fingerprint density at radius 1 is 1.40 bits per heavy atom. The molecule has 0 unspecified atom stereocenters. The molecule has 0 bridgehead atoms. The summed E-state index contributed by atoms with van der Waals surface area (Å²) in [4.78, 5) is 16.6. The van der Waals surface area contributed by atoms with Crippen LogP contribution in [0.15, 0.2) is 18.2 Å². The van der Waals surface area contributed by atoms with Crippen molar-refractivity contribution < 1.29 is 9.53 Å². The van der Waals surface area contributed by atoms with E-state index in [0.717, 1.165) is 37.4 Å². The molecule has 4 nitrogen and oxygen atoms in total. The molecule has 20 heavy (non-hydrogen) atoms. The number of carbonyl (C=O) groups excluding carboxylic acids is 1. The van der Waals surface area contributed by atoms with E-state index in [4.69, 9.17) is 4.74 Å². The first-order valence-electron chi connectivity index (χ1n) is 7.24. The summed E-state index contributed by atoms with van der Waals surface area (Å²) >= 11 is 0. The van der Waals surface area contributed by atoms with Gasteiger partial charge in [0.15, 0.2) is 0 Å². The Hall–Kier alpha value is -1.55. The molecule has 1 aromatic rings. The van der Waals surface area contributed by atoms with Gasteiger partial charge in [0.05, 0.1) is 12.7 Å². The molecule has 0 aromatic heterocycles. The predicted octanol–water partition coefficient (Wildman–Crippen LogP) is 2.31. The summed E-state index contributed by atoms with van der Waals surface area (Å²) in [5.41, 5.74) is 2.73. The van der Waals surface area contributed by atoms with Crippen LogP contribution in [-0.2, 0) is 4.74 Å². The highest BCUT2D eigenvalue weighted by Gasteiger charge is 2.23. The SMILES string of the molecule is CCN1CCN(c2ccc(C)c(C(=O)OC)c2)C[C@@H]1C. The highest BCUT2D eigenvalue weighted by atomic mass is 16.5. The van der Waals surface area contributed by atoms with Crippen molar-refractivity contribution in [2.45, 2.75) is 26.8 Å². The van der Waals surface area contributed by atoms with Crippen molar-refractivity contribution in [3.05, 3.63) is 29.3 Å². The zero-order chi connectivity index (χ0) is 14.7. The molecule has 1 aliphatic rings. The summed E-state index contributed by atoms with van der Waals surface area (Å²) in [5, 5.41) is 0. The normalized spacial score (nSPS) is 20.0. The molecular weight excluding hydrogens is 252 g/mol. The van der Waals surface area contributed by atoms with Crippen LogP contribution in [0.3, 0.4) is 0 Å². The summed E-state index contributed by atoms with van der Waals surface area (Å²) in [6.45, 7) is 10.6. The van der Waals surface area contributed by atoms with Crippen LogP contribution < -0.4 is 4.90 Å². The second-order valence-electron chi connectivity index (χ2n) is 5.41. The molecule has 1 heterocycles. The molecule has 1 atom stereocenters. The fourth-order valence-electron chi connectivity index (χ4n) is 2.84. The average Bonchev–Trinajstić information content (AvgIpc) is 2.47. The van der Waals surface area contributed by atoms with E-state index in [0.29, 0.717) is 11.6 Å². The largest absolute Gasteiger partial charge is 0.465 e. The summed E-state index contributed by atoms with van der Waals surface area (Å²) < 4.78 is 4.85. The molecule has 0 amide bonds. The van der Waals surface area contributed by atoms with Gasteiger partial charge in [-0.15, -0.1) is 0 Å². The number of anilines is 1. The Labute approximate surface area is 121 Å². The number of likely N-dealkylation sites (N-methyl/N-ethyl adjacent to an activating group) is 1. The third kappa shape index (κ3) is 2.96. The Morgan fingerprint density at radius 2 is 2.15 bits per heavy atom. The Balaban J connectivity index is 2.19. The molecule has 1 fully saturated rings. The van der Waals surface area contributed by atoms with Gasteiger partial charge in [-0.1, -0.05) is 13.0 Å². The zero-order valence-corrected chi connectivity index (χ0v) is 12.8. The molecule has 0 radical (unpaired) electrons. The second kappa shape index (κ2) is 6.27. The van der Waals surface area contributed by atoms with Gasteiger partial charge in [-0.25, -0.2) is 4.79 Å². The van der Waals surface area contributed by atoms with E-state index in [2.05, 4.69) is 29.7 Å². The maximum absolute atomic E-state index is 11.8. The monoisotopic (exact) mass is 276 g/mol. The fraction of sp³-hybridized carbons (Fsp3) is 0.562. The molecule has 0 aliphatic carbocycles. The molecule has 110 valence electrons. The van der Waals surface area contributed by atoms with Crippen LogP contribution in [0.25, 0.3) is 0 Å². The van der Waals surface area contributed by atoms with Crippen molar-refractivity contribution in [2.24, 2.45) is 0 Å². The van der Waals surface area contributed by atoms with Crippen LogP contribution in [-0.4, -0.2) is 50.2 Å². The van der Waals surface area contributed by atoms with Gasteiger partial charge in [-0.05, 0) is 38.1 Å². The lowest BCUT2D eigenvalue weighted by Gasteiger charge is -2.40. The molecule has 0 spiro atoms. The second-order valence-corrected chi connectivity index (χ2v) is 5.41. The van der Waals surface area contributed by atoms with Crippen molar-refractivity contribution in [3.8, 4) is 0 Å². The summed E-state index contributed by atoms with van der Waals surface area (Å²) in [6, 6.07) is 6.58. The first-order valence-corrected chi connectivity index (χ1v) is 7.24.